The van der Waals surface area contributed by atoms with Crippen LogP contribution in [-0.2, 0) is 6.54 Å². The van der Waals surface area contributed by atoms with Crippen molar-refractivity contribution in [2.75, 3.05) is 32.1 Å². The summed E-state index contributed by atoms with van der Waals surface area (Å²) in [6.45, 7) is 9.87. The maximum Gasteiger partial charge on any atom is 0.0598 e. The van der Waals surface area contributed by atoms with Gasteiger partial charge in [-0.25, -0.2) is 0 Å². The third-order valence-electron chi connectivity index (χ3n) is 4.31. The number of hydrogen-bond acceptors (Lipinski definition) is 4. The summed E-state index contributed by atoms with van der Waals surface area (Å²) < 4.78 is 0. The summed E-state index contributed by atoms with van der Waals surface area (Å²) in [4.78, 5) is 9.18. The van der Waals surface area contributed by atoms with Gasteiger partial charge in [-0.2, -0.15) is 0 Å². The summed E-state index contributed by atoms with van der Waals surface area (Å²) in [7, 11) is 4.42. The molecule has 4 heteroatoms. The quantitative estimate of drug-likeness (QED) is 0.923. The van der Waals surface area contributed by atoms with E-state index < -0.39 is 0 Å². The summed E-state index contributed by atoms with van der Waals surface area (Å²) in [5.74, 6) is 0. The van der Waals surface area contributed by atoms with Crippen molar-refractivity contribution in [2.24, 2.45) is 0 Å². The summed E-state index contributed by atoms with van der Waals surface area (Å²) in [5, 5.41) is 3.58. The molecule has 0 unspecified atom stereocenters. The van der Waals surface area contributed by atoms with Gasteiger partial charge in [0.1, 0.15) is 0 Å². The van der Waals surface area contributed by atoms with Crippen LogP contribution in [0.15, 0.2) is 18.5 Å². The Morgan fingerprint density at radius 3 is 2.62 bits per heavy atom. The van der Waals surface area contributed by atoms with E-state index >= 15 is 0 Å². The van der Waals surface area contributed by atoms with Crippen LogP contribution in [0.3, 0.4) is 0 Å². The molecule has 2 heterocycles. The van der Waals surface area contributed by atoms with E-state index in [9.17, 15) is 0 Å². The average molecular weight is 290 g/mol. The normalized spacial score (nSPS) is 18.0. The molecule has 0 amide bonds. The minimum atomic E-state index is 0.132. The Hall–Kier alpha value is -1.13. The maximum absolute atomic E-state index is 4.34. The maximum atomic E-state index is 4.34. The first kappa shape index (κ1) is 16.2. The standard InChI is InChI=1S/C17H30N4/c1-17(2,3)19-12-14-6-9-18-13-16(14)21(5)15-7-10-20(4)11-8-15/h6,9,13,15,19H,7-8,10-12H2,1-5H3. The number of rotatable bonds is 4. The van der Waals surface area contributed by atoms with Crippen molar-refractivity contribution in [3.63, 3.8) is 0 Å². The Bertz CT molecular complexity index is 444. The van der Waals surface area contributed by atoms with E-state index in [2.05, 4.69) is 61.0 Å². The summed E-state index contributed by atoms with van der Waals surface area (Å²) in [6, 6.07) is 2.76. The highest BCUT2D eigenvalue weighted by molar-refractivity contribution is 5.52. The molecule has 0 aromatic carbocycles. The van der Waals surface area contributed by atoms with E-state index in [-0.39, 0.29) is 5.54 Å². The molecule has 0 atom stereocenters. The first-order valence-corrected chi connectivity index (χ1v) is 7.96. The van der Waals surface area contributed by atoms with E-state index in [4.69, 9.17) is 0 Å². The fourth-order valence-corrected chi connectivity index (χ4v) is 2.82. The second-order valence-electron chi connectivity index (χ2n) is 7.25. The molecule has 2 rings (SSSR count). The molecule has 1 aliphatic heterocycles. The Balaban J connectivity index is 2.08. The first-order valence-electron chi connectivity index (χ1n) is 7.96. The molecular formula is C17H30N4. The van der Waals surface area contributed by atoms with Gasteiger partial charge < -0.3 is 15.1 Å². The van der Waals surface area contributed by atoms with Crippen LogP contribution in [0.4, 0.5) is 5.69 Å². The van der Waals surface area contributed by atoms with Gasteiger partial charge in [0.25, 0.3) is 0 Å². The lowest BCUT2D eigenvalue weighted by atomic mass is 10.0. The first-order chi connectivity index (χ1) is 9.87. The van der Waals surface area contributed by atoms with Gasteiger partial charge in [-0.3, -0.25) is 4.98 Å². The zero-order valence-corrected chi connectivity index (χ0v) is 14.2. The molecule has 1 aromatic rings. The minimum absolute atomic E-state index is 0.132. The molecule has 1 aromatic heterocycles. The predicted molar refractivity (Wildman–Crippen MR) is 89.8 cm³/mol. The van der Waals surface area contributed by atoms with Crippen molar-refractivity contribution in [3.8, 4) is 0 Å². The van der Waals surface area contributed by atoms with E-state index in [0.717, 1.165) is 6.54 Å². The third-order valence-corrected chi connectivity index (χ3v) is 4.31. The van der Waals surface area contributed by atoms with Gasteiger partial charge in [-0.1, -0.05) is 0 Å². The fourth-order valence-electron chi connectivity index (χ4n) is 2.82. The van der Waals surface area contributed by atoms with Crippen LogP contribution >= 0.6 is 0 Å². The highest BCUT2D eigenvalue weighted by atomic mass is 15.2. The fraction of sp³-hybridized carbons (Fsp3) is 0.706. The molecule has 4 nitrogen and oxygen atoms in total. The molecule has 0 saturated carbocycles. The lowest BCUT2D eigenvalue weighted by Gasteiger charge is -2.37. The Kier molecular flexibility index (Phi) is 5.22. The van der Waals surface area contributed by atoms with Crippen LogP contribution in [0.1, 0.15) is 39.2 Å². The summed E-state index contributed by atoms with van der Waals surface area (Å²) in [6.07, 6.45) is 6.37. The largest absolute Gasteiger partial charge is 0.370 e. The van der Waals surface area contributed by atoms with Crippen molar-refractivity contribution in [3.05, 3.63) is 24.0 Å². The summed E-state index contributed by atoms with van der Waals surface area (Å²) >= 11 is 0. The predicted octanol–water partition coefficient (Wildman–Crippen LogP) is 2.50. The SMILES string of the molecule is CN1CCC(N(C)c2cnccc2CNC(C)(C)C)CC1. The van der Waals surface area contributed by atoms with Crippen molar-refractivity contribution in [1.29, 1.82) is 0 Å². The highest BCUT2D eigenvalue weighted by Crippen LogP contribution is 2.24. The molecular weight excluding hydrogens is 260 g/mol. The molecule has 21 heavy (non-hydrogen) atoms. The van der Waals surface area contributed by atoms with E-state index in [1.807, 2.05) is 12.4 Å². The van der Waals surface area contributed by atoms with Crippen LogP contribution in [0.25, 0.3) is 0 Å². The molecule has 0 aliphatic carbocycles. The minimum Gasteiger partial charge on any atom is -0.370 e. The number of hydrogen-bond donors (Lipinski definition) is 1. The van der Waals surface area contributed by atoms with Gasteiger partial charge in [0.2, 0.25) is 0 Å². The molecule has 118 valence electrons. The molecule has 1 aliphatic rings. The van der Waals surface area contributed by atoms with Crippen molar-refractivity contribution >= 4 is 5.69 Å². The van der Waals surface area contributed by atoms with Crippen LogP contribution in [0.5, 0.6) is 0 Å². The molecule has 0 spiro atoms. The van der Waals surface area contributed by atoms with E-state index in [0.29, 0.717) is 6.04 Å². The van der Waals surface area contributed by atoms with Gasteiger partial charge in [-0.05, 0) is 65.4 Å². The zero-order chi connectivity index (χ0) is 15.5. The number of nitrogens with zero attached hydrogens (tertiary/aromatic N) is 3. The van der Waals surface area contributed by atoms with Gasteiger partial charge >= 0.3 is 0 Å². The number of pyridine rings is 1. The van der Waals surface area contributed by atoms with Crippen molar-refractivity contribution in [1.82, 2.24) is 15.2 Å². The lowest BCUT2D eigenvalue weighted by molar-refractivity contribution is 0.252. The van der Waals surface area contributed by atoms with Crippen LogP contribution in [0.2, 0.25) is 0 Å². The Morgan fingerprint density at radius 1 is 1.33 bits per heavy atom. The van der Waals surface area contributed by atoms with Gasteiger partial charge in [0.15, 0.2) is 0 Å². The summed E-state index contributed by atoms with van der Waals surface area (Å²) in [5.41, 5.74) is 2.73. The van der Waals surface area contributed by atoms with Crippen LogP contribution < -0.4 is 10.2 Å². The zero-order valence-electron chi connectivity index (χ0n) is 14.2. The number of piperidine rings is 1. The van der Waals surface area contributed by atoms with Gasteiger partial charge in [0.05, 0.1) is 11.9 Å². The molecule has 1 N–H and O–H groups in total. The van der Waals surface area contributed by atoms with Gasteiger partial charge in [0, 0.05) is 31.4 Å². The smallest absolute Gasteiger partial charge is 0.0598 e. The van der Waals surface area contributed by atoms with Crippen molar-refractivity contribution < 1.29 is 0 Å². The van der Waals surface area contributed by atoms with Crippen LogP contribution in [0, 0.1) is 0 Å². The van der Waals surface area contributed by atoms with Gasteiger partial charge in [-0.15, -0.1) is 0 Å². The van der Waals surface area contributed by atoms with Crippen LogP contribution in [-0.4, -0.2) is 48.6 Å². The second-order valence-corrected chi connectivity index (χ2v) is 7.25. The third kappa shape index (κ3) is 4.68. The highest BCUT2D eigenvalue weighted by Gasteiger charge is 2.22. The number of aromatic nitrogens is 1. The van der Waals surface area contributed by atoms with E-state index in [1.54, 1.807) is 0 Å². The Labute approximate surface area is 129 Å². The molecule has 0 radical (unpaired) electrons. The van der Waals surface area contributed by atoms with E-state index in [1.165, 1.54) is 37.2 Å². The average Bonchev–Trinajstić information content (AvgIpc) is 2.45. The van der Waals surface area contributed by atoms with Crippen molar-refractivity contribution in [2.45, 2.75) is 51.7 Å². The monoisotopic (exact) mass is 290 g/mol. The molecule has 0 bridgehead atoms. The number of nitrogens with one attached hydrogen (secondary N) is 1. The lowest BCUT2D eigenvalue weighted by Crippen LogP contribution is -2.42. The molecule has 1 fully saturated rings. The molecule has 1 saturated heterocycles. The second kappa shape index (κ2) is 6.75. The number of anilines is 1. The number of likely N-dealkylation sites (tertiary alicyclic amines) is 1. The topological polar surface area (TPSA) is 31.4 Å². The Morgan fingerprint density at radius 2 is 2.00 bits per heavy atom.